The van der Waals surface area contributed by atoms with Gasteiger partial charge in [-0.3, -0.25) is 9.32 Å². The monoisotopic (exact) mass is 954 g/mol. The van der Waals surface area contributed by atoms with Gasteiger partial charge in [0.15, 0.2) is 17.1 Å². The maximum absolute atomic E-state index is 14.7. The molecule has 3 N–H and O–H groups in total. The van der Waals surface area contributed by atoms with Crippen molar-refractivity contribution in [3.63, 3.8) is 0 Å². The minimum absolute atomic E-state index is 0.00572. The van der Waals surface area contributed by atoms with Crippen LogP contribution in [0.25, 0.3) is 11.2 Å². The Labute approximate surface area is 368 Å². The lowest BCUT2D eigenvalue weighted by atomic mass is 9.97. The van der Waals surface area contributed by atoms with Crippen molar-refractivity contribution in [1.82, 2.24) is 24.6 Å². The number of para-hydroxylation sites is 1. The number of unbranched alkanes of at least 4 members (excludes halogenated alkanes) is 8. The fraction of sp³-hybridized carbons (Fsp3) is 0.524. The molecule has 2 aromatic carbocycles. The number of hydrogen-bond acceptors (Lipinski definition) is 10. The van der Waals surface area contributed by atoms with E-state index in [2.05, 4.69) is 26.0 Å². The minimum Gasteiger partial charge on any atom is -0.465 e. The van der Waals surface area contributed by atoms with Gasteiger partial charge in [-0.1, -0.05) is 99.4 Å². The van der Waals surface area contributed by atoms with Crippen LogP contribution in [-0.2, 0) is 36.3 Å². The van der Waals surface area contributed by atoms with Gasteiger partial charge in [0, 0.05) is 26.5 Å². The Hall–Kier alpha value is -4.97. The summed E-state index contributed by atoms with van der Waals surface area (Å²) in [7, 11) is -3.20. The van der Waals surface area contributed by atoms with Crippen molar-refractivity contribution < 1.29 is 71.8 Å². The molecule has 4 aromatic rings. The zero-order valence-electron chi connectivity index (χ0n) is 35.2. The summed E-state index contributed by atoms with van der Waals surface area (Å²) in [5.74, 6) is -17.3. The molecule has 4 rings (SSSR count). The third kappa shape index (κ3) is 14.3. The molecular formula is C42H49F10N6O6P. The van der Waals surface area contributed by atoms with Gasteiger partial charge in [0.05, 0.1) is 19.5 Å². The topological polar surface area (TPSA) is 153 Å². The number of nitrogens with zero attached hydrogens (tertiary/aromatic N) is 4. The van der Waals surface area contributed by atoms with Crippen molar-refractivity contribution in [2.24, 2.45) is 0 Å². The van der Waals surface area contributed by atoms with E-state index in [0.29, 0.717) is 44.1 Å². The fourth-order valence-electron chi connectivity index (χ4n) is 6.46. The molecule has 0 bridgehead atoms. The molecule has 0 aliphatic rings. The van der Waals surface area contributed by atoms with Crippen molar-refractivity contribution in [2.45, 2.75) is 119 Å². The number of fused-ring (bicyclic) bond motifs is 1. The van der Waals surface area contributed by atoms with Crippen LogP contribution in [0.15, 0.2) is 67.0 Å². The normalized spacial score (nSPS) is 14.9. The van der Waals surface area contributed by atoms with Gasteiger partial charge >= 0.3 is 43.7 Å². The second kappa shape index (κ2) is 23.0. The highest BCUT2D eigenvalue weighted by Gasteiger charge is 2.81. The average molecular weight is 955 g/mol. The fourth-order valence-corrected chi connectivity index (χ4v) is 7.99. The summed E-state index contributed by atoms with van der Waals surface area (Å²) in [6.07, 6.45) is 0.430. The number of nitrogen functional groups attached to an aromatic ring is 1. The number of ether oxygens (including phenoxy) is 2. The van der Waals surface area contributed by atoms with Crippen molar-refractivity contribution in [1.29, 1.82) is 0 Å². The first-order valence-electron chi connectivity index (χ1n) is 20.4. The standard InChI is InChI=1S/C42H49F10N6O6P/c1-3-38(61-2,24-25-58-29-54-33-34(53)55-37(43)56-35(33)58)28-63-65(60,64-31-21-15-12-16-22-31)57-32(27-30-19-13-11-14-20-30)36(59)62-26-18-10-8-6-4-5-7-9-17-23-39(44,45)40(46,47)41(48,49)42(50,51)52/h1,11-16,19-22,29,32H,4-10,17-18,23-28H2,2H3,(H,57,60)(H2,53,55,56)/t32-,38-,65?/m0/s1. The van der Waals surface area contributed by atoms with E-state index in [9.17, 15) is 53.3 Å². The Bertz CT molecular complexity index is 2220. The van der Waals surface area contributed by atoms with Crippen LogP contribution in [0.4, 0.5) is 49.7 Å². The van der Waals surface area contributed by atoms with Crippen LogP contribution in [0.3, 0.4) is 0 Å². The summed E-state index contributed by atoms with van der Waals surface area (Å²) in [4.78, 5) is 25.0. The minimum atomic E-state index is -6.89. The van der Waals surface area contributed by atoms with Crippen LogP contribution in [0.1, 0.15) is 76.2 Å². The van der Waals surface area contributed by atoms with E-state index >= 15 is 0 Å². The number of carbonyl (C=O) groups excluding carboxylic acids is 1. The SMILES string of the molecule is C#C[C@](CCn1cnc2c(N)nc(F)nc21)(COP(=O)(N[C@@H](Cc1ccccc1)C(=O)OCCCCCCCCCCCC(F)(F)C(F)(F)C(F)(F)C(F)(F)F)Oc1ccccc1)OC. The first-order chi connectivity index (χ1) is 30.6. The number of esters is 1. The molecule has 65 heavy (non-hydrogen) atoms. The largest absolute Gasteiger partial charge is 0.465 e. The summed E-state index contributed by atoms with van der Waals surface area (Å²) < 4.78 is 171. The molecule has 0 amide bonds. The lowest BCUT2D eigenvalue weighted by Gasteiger charge is -2.33. The number of rotatable bonds is 28. The number of hydrogen-bond donors (Lipinski definition) is 2. The molecule has 0 saturated carbocycles. The van der Waals surface area contributed by atoms with E-state index in [1.165, 1.54) is 30.1 Å². The molecule has 12 nitrogen and oxygen atoms in total. The zero-order chi connectivity index (χ0) is 47.9. The molecular weight excluding hydrogens is 905 g/mol. The lowest BCUT2D eigenvalue weighted by molar-refractivity contribution is -0.396. The highest BCUT2D eigenvalue weighted by atomic mass is 31.2. The van der Waals surface area contributed by atoms with E-state index in [-0.39, 0.29) is 61.6 Å². The van der Waals surface area contributed by atoms with Crippen LogP contribution in [0, 0.1) is 18.4 Å². The Balaban J connectivity index is 1.31. The van der Waals surface area contributed by atoms with E-state index in [0.717, 1.165) is 0 Å². The smallest absolute Gasteiger partial charge is 0.460 e. The van der Waals surface area contributed by atoms with Gasteiger partial charge in [0.25, 0.3) is 0 Å². The van der Waals surface area contributed by atoms with Crippen LogP contribution in [0.2, 0.25) is 0 Å². The van der Waals surface area contributed by atoms with E-state index in [4.69, 9.17) is 30.7 Å². The van der Waals surface area contributed by atoms with Gasteiger partial charge < -0.3 is 24.3 Å². The number of aryl methyl sites for hydroxylation is 1. The Morgan fingerprint density at radius 3 is 2.02 bits per heavy atom. The third-order valence-corrected chi connectivity index (χ3v) is 11.8. The Morgan fingerprint density at radius 1 is 0.846 bits per heavy atom. The van der Waals surface area contributed by atoms with Gasteiger partial charge in [0.1, 0.15) is 17.3 Å². The van der Waals surface area contributed by atoms with Gasteiger partial charge in [-0.25, -0.2) is 9.55 Å². The number of anilines is 1. The number of benzene rings is 2. The van der Waals surface area contributed by atoms with Crippen LogP contribution < -0.4 is 15.3 Å². The second-order valence-corrected chi connectivity index (χ2v) is 16.8. The van der Waals surface area contributed by atoms with Gasteiger partial charge in [-0.15, -0.1) is 6.42 Å². The second-order valence-electron chi connectivity index (χ2n) is 15.1. The van der Waals surface area contributed by atoms with Crippen molar-refractivity contribution in [2.75, 3.05) is 26.1 Å². The van der Waals surface area contributed by atoms with Crippen molar-refractivity contribution in [3.05, 3.63) is 78.6 Å². The summed E-state index contributed by atoms with van der Waals surface area (Å²) in [6, 6.07) is 15.5. The number of methoxy groups -OCH3 is 1. The molecule has 0 spiro atoms. The quantitative estimate of drug-likeness (QED) is 0.0140. The van der Waals surface area contributed by atoms with Gasteiger partial charge in [0.2, 0.25) is 0 Å². The molecule has 0 aliphatic heterocycles. The molecule has 23 heteroatoms. The summed E-state index contributed by atoms with van der Waals surface area (Å²) >= 11 is 0. The average Bonchev–Trinajstić information content (AvgIpc) is 3.67. The molecule has 2 heterocycles. The van der Waals surface area contributed by atoms with E-state index in [1.807, 2.05) is 0 Å². The number of alkyl halides is 9. The van der Waals surface area contributed by atoms with Crippen molar-refractivity contribution >= 4 is 30.7 Å². The first-order valence-corrected chi connectivity index (χ1v) is 22.0. The number of nitrogens with two attached hydrogens (primary N) is 1. The highest BCUT2D eigenvalue weighted by molar-refractivity contribution is 7.52. The maximum Gasteiger partial charge on any atom is 0.460 e. The number of aromatic nitrogens is 4. The molecule has 0 fully saturated rings. The number of nitrogens with one attached hydrogen (secondary N) is 1. The third-order valence-electron chi connectivity index (χ3n) is 10.3. The molecule has 0 saturated heterocycles. The first kappa shape index (κ1) is 52.7. The molecule has 0 aliphatic carbocycles. The number of carbonyl (C=O) groups is 1. The predicted octanol–water partition coefficient (Wildman–Crippen LogP) is 10.3. The zero-order valence-corrected chi connectivity index (χ0v) is 36.0. The van der Waals surface area contributed by atoms with Crippen LogP contribution in [-0.4, -0.2) is 81.4 Å². The summed E-state index contributed by atoms with van der Waals surface area (Å²) in [6.45, 7) is -0.490. The number of halogens is 10. The van der Waals surface area contributed by atoms with E-state index < -0.39 is 74.8 Å². The Morgan fingerprint density at radius 2 is 1.43 bits per heavy atom. The summed E-state index contributed by atoms with van der Waals surface area (Å²) in [5, 5.41) is 2.74. The molecule has 0 radical (unpaired) electrons. The highest BCUT2D eigenvalue weighted by Crippen LogP contribution is 2.54. The lowest BCUT2D eigenvalue weighted by Crippen LogP contribution is -2.60. The molecule has 1 unspecified atom stereocenters. The molecule has 2 aromatic heterocycles. The van der Waals surface area contributed by atoms with Gasteiger partial charge in [-0.05, 0) is 37.0 Å². The van der Waals surface area contributed by atoms with Crippen molar-refractivity contribution in [3.8, 4) is 18.1 Å². The molecule has 3 atom stereocenters. The van der Waals surface area contributed by atoms with Crippen LogP contribution in [0.5, 0.6) is 5.75 Å². The van der Waals surface area contributed by atoms with E-state index in [1.54, 1.807) is 48.5 Å². The summed E-state index contributed by atoms with van der Waals surface area (Å²) in [5.41, 5.74) is 5.17. The molecule has 358 valence electrons. The maximum atomic E-state index is 14.7. The number of imidazole rings is 1. The number of terminal acetylenes is 1. The van der Waals surface area contributed by atoms with Gasteiger partial charge in [-0.2, -0.15) is 59.0 Å². The predicted molar refractivity (Wildman–Crippen MR) is 219 cm³/mol. The van der Waals surface area contributed by atoms with Crippen LogP contribution >= 0.6 is 7.75 Å². The Kier molecular flexibility index (Phi) is 18.6.